The van der Waals surface area contributed by atoms with Crippen molar-refractivity contribution >= 4 is 22.8 Å². The summed E-state index contributed by atoms with van der Waals surface area (Å²) in [5.41, 5.74) is 5.64. The van der Waals surface area contributed by atoms with E-state index < -0.39 is 0 Å². The minimum atomic E-state index is 0.360. The second kappa shape index (κ2) is 5.37. The van der Waals surface area contributed by atoms with Crippen LogP contribution in [0.15, 0.2) is 30.5 Å². The van der Waals surface area contributed by atoms with Gasteiger partial charge in [-0.3, -0.25) is 10.5 Å². The molecule has 4 N–H and O–H groups in total. The molecule has 0 radical (unpaired) electrons. The Balaban J connectivity index is 1.99. The van der Waals surface area contributed by atoms with Gasteiger partial charge in [0.2, 0.25) is 5.95 Å². The van der Waals surface area contributed by atoms with E-state index in [4.69, 9.17) is 5.84 Å². The van der Waals surface area contributed by atoms with Crippen LogP contribution in [0.1, 0.15) is 11.1 Å². The summed E-state index contributed by atoms with van der Waals surface area (Å²) in [5, 5.41) is 7.73. The zero-order chi connectivity index (χ0) is 14.8. The van der Waals surface area contributed by atoms with Crippen molar-refractivity contribution in [3.63, 3.8) is 0 Å². The maximum Gasteiger partial charge on any atom is 0.241 e. The number of rotatable bonds is 4. The zero-order valence-corrected chi connectivity index (χ0v) is 12.0. The molecule has 2 heterocycles. The van der Waals surface area contributed by atoms with E-state index in [2.05, 4.69) is 49.5 Å². The molecule has 3 aromatic rings. The zero-order valence-electron chi connectivity index (χ0n) is 12.0. The number of nitrogens with one attached hydrogen (secondary N) is 2. The van der Waals surface area contributed by atoms with E-state index >= 15 is 0 Å². The molecule has 0 atom stereocenters. The van der Waals surface area contributed by atoms with Crippen LogP contribution in [0.4, 0.5) is 11.8 Å². The van der Waals surface area contributed by atoms with Gasteiger partial charge in [-0.2, -0.15) is 15.1 Å². The Hall–Kier alpha value is -2.67. The van der Waals surface area contributed by atoms with Gasteiger partial charge in [0.1, 0.15) is 5.82 Å². The van der Waals surface area contributed by atoms with Gasteiger partial charge in [0, 0.05) is 13.6 Å². The van der Waals surface area contributed by atoms with E-state index in [1.54, 1.807) is 6.20 Å². The lowest BCUT2D eigenvalue weighted by molar-refractivity contribution is 0.893. The second-order valence-electron chi connectivity index (χ2n) is 4.93. The smallest absolute Gasteiger partial charge is 0.241 e. The molecule has 0 spiro atoms. The van der Waals surface area contributed by atoms with Gasteiger partial charge in [-0.05, 0) is 18.1 Å². The normalized spacial score (nSPS) is 10.8. The predicted molar refractivity (Wildman–Crippen MR) is 82.8 cm³/mol. The van der Waals surface area contributed by atoms with Crippen LogP contribution < -0.4 is 16.2 Å². The molecule has 0 amide bonds. The van der Waals surface area contributed by atoms with E-state index in [0.717, 1.165) is 17.7 Å². The van der Waals surface area contributed by atoms with Crippen molar-refractivity contribution in [1.82, 2.24) is 20.2 Å². The number of fused-ring (bicyclic) bond motifs is 1. The third kappa shape index (κ3) is 2.50. The highest BCUT2D eigenvalue weighted by Crippen LogP contribution is 2.24. The molecular weight excluding hydrogens is 266 g/mol. The highest BCUT2D eigenvalue weighted by molar-refractivity contribution is 5.87. The molecule has 0 saturated heterocycles. The third-order valence-electron chi connectivity index (χ3n) is 3.45. The number of nitrogens with zero attached hydrogens (tertiary/aromatic N) is 4. The number of H-pyrrole nitrogens is 1. The molecule has 7 nitrogen and oxygen atoms in total. The van der Waals surface area contributed by atoms with Gasteiger partial charge in [-0.15, -0.1) is 0 Å². The van der Waals surface area contributed by atoms with Crippen LogP contribution in [0.2, 0.25) is 0 Å². The molecule has 108 valence electrons. The molecule has 7 heteroatoms. The van der Waals surface area contributed by atoms with Gasteiger partial charge in [0.15, 0.2) is 5.65 Å². The lowest BCUT2D eigenvalue weighted by atomic mass is 10.1. The van der Waals surface area contributed by atoms with Gasteiger partial charge in [-0.1, -0.05) is 24.3 Å². The summed E-state index contributed by atoms with van der Waals surface area (Å²) < 4.78 is 0. The van der Waals surface area contributed by atoms with Crippen molar-refractivity contribution < 1.29 is 0 Å². The second-order valence-corrected chi connectivity index (χ2v) is 4.93. The van der Waals surface area contributed by atoms with E-state index in [0.29, 0.717) is 11.6 Å². The molecule has 0 aliphatic heterocycles. The summed E-state index contributed by atoms with van der Waals surface area (Å²) in [4.78, 5) is 10.7. The maximum atomic E-state index is 5.43. The van der Waals surface area contributed by atoms with Crippen molar-refractivity contribution in [3.05, 3.63) is 41.6 Å². The Bertz CT molecular complexity index is 765. The van der Waals surface area contributed by atoms with Crippen molar-refractivity contribution in [2.45, 2.75) is 13.5 Å². The van der Waals surface area contributed by atoms with Crippen LogP contribution in [-0.2, 0) is 6.54 Å². The predicted octanol–water partition coefficient (Wildman–Crippen LogP) is 1.58. The maximum absolute atomic E-state index is 5.43. The molecule has 21 heavy (non-hydrogen) atoms. The standard InChI is InChI=1S/C14H17N7/c1-9-5-3-4-6-10(9)8-21(2)13-11-7-16-20-12(11)17-14(18-13)19-15/h3-7H,8,15H2,1-2H3,(H2,16,17,18,19,20). The molecule has 2 aromatic heterocycles. The first kappa shape index (κ1) is 13.3. The number of nitrogen functional groups attached to an aromatic ring is 1. The Morgan fingerprint density at radius 2 is 2.10 bits per heavy atom. The number of hydrazine groups is 1. The number of hydrogen-bond donors (Lipinski definition) is 3. The van der Waals surface area contributed by atoms with E-state index in [9.17, 15) is 0 Å². The van der Waals surface area contributed by atoms with Gasteiger partial charge < -0.3 is 4.90 Å². The first-order valence-corrected chi connectivity index (χ1v) is 6.62. The van der Waals surface area contributed by atoms with Crippen molar-refractivity contribution in [3.8, 4) is 0 Å². The minimum absolute atomic E-state index is 0.360. The molecular formula is C14H17N7. The highest BCUT2D eigenvalue weighted by Gasteiger charge is 2.13. The number of benzene rings is 1. The summed E-state index contributed by atoms with van der Waals surface area (Å²) in [5.74, 6) is 6.57. The van der Waals surface area contributed by atoms with Crippen LogP contribution in [0.25, 0.3) is 11.0 Å². The summed E-state index contributed by atoms with van der Waals surface area (Å²) in [6, 6.07) is 8.29. The lowest BCUT2D eigenvalue weighted by Gasteiger charge is -2.20. The van der Waals surface area contributed by atoms with E-state index in [1.165, 1.54) is 11.1 Å². The monoisotopic (exact) mass is 283 g/mol. The quantitative estimate of drug-likeness (QED) is 0.497. The van der Waals surface area contributed by atoms with Crippen LogP contribution in [0.5, 0.6) is 0 Å². The number of hydrogen-bond acceptors (Lipinski definition) is 6. The third-order valence-corrected chi connectivity index (χ3v) is 3.45. The van der Waals surface area contributed by atoms with Crippen molar-refractivity contribution in [2.24, 2.45) is 5.84 Å². The largest absolute Gasteiger partial charge is 0.355 e. The minimum Gasteiger partial charge on any atom is -0.355 e. The molecule has 0 aliphatic rings. The molecule has 3 rings (SSSR count). The lowest BCUT2D eigenvalue weighted by Crippen LogP contribution is -2.20. The topological polar surface area (TPSA) is 95.8 Å². The van der Waals surface area contributed by atoms with Crippen molar-refractivity contribution in [2.75, 3.05) is 17.4 Å². The van der Waals surface area contributed by atoms with Crippen LogP contribution in [0, 0.1) is 6.92 Å². The number of aryl methyl sites for hydroxylation is 1. The Morgan fingerprint density at radius 3 is 2.86 bits per heavy atom. The van der Waals surface area contributed by atoms with Crippen LogP contribution >= 0.6 is 0 Å². The van der Waals surface area contributed by atoms with E-state index in [1.807, 2.05) is 19.2 Å². The molecule has 0 saturated carbocycles. The molecule has 0 bridgehead atoms. The Kier molecular flexibility index (Phi) is 3.41. The fraction of sp³-hybridized carbons (Fsp3) is 0.214. The summed E-state index contributed by atoms with van der Waals surface area (Å²) in [6.45, 7) is 2.84. The molecule has 0 fully saturated rings. The van der Waals surface area contributed by atoms with Crippen molar-refractivity contribution in [1.29, 1.82) is 0 Å². The summed E-state index contributed by atoms with van der Waals surface area (Å²) >= 11 is 0. The first-order valence-electron chi connectivity index (χ1n) is 6.62. The Labute approximate surface area is 122 Å². The number of aromatic nitrogens is 4. The first-order chi connectivity index (χ1) is 10.2. The fourth-order valence-electron chi connectivity index (χ4n) is 2.29. The van der Waals surface area contributed by atoms with Crippen LogP contribution in [0.3, 0.4) is 0 Å². The fourth-order valence-corrected chi connectivity index (χ4v) is 2.29. The Morgan fingerprint density at radius 1 is 1.29 bits per heavy atom. The molecule has 1 aromatic carbocycles. The highest BCUT2D eigenvalue weighted by atomic mass is 15.3. The van der Waals surface area contributed by atoms with Gasteiger partial charge in [-0.25, -0.2) is 5.84 Å². The average molecular weight is 283 g/mol. The number of anilines is 2. The van der Waals surface area contributed by atoms with Gasteiger partial charge in [0.05, 0.1) is 11.6 Å². The number of nitrogens with two attached hydrogens (primary N) is 1. The summed E-state index contributed by atoms with van der Waals surface area (Å²) in [7, 11) is 1.99. The van der Waals surface area contributed by atoms with Gasteiger partial charge in [0.25, 0.3) is 0 Å². The number of aromatic amines is 1. The van der Waals surface area contributed by atoms with Crippen LogP contribution in [-0.4, -0.2) is 27.2 Å². The molecule has 0 aliphatic carbocycles. The average Bonchev–Trinajstić information content (AvgIpc) is 2.96. The summed E-state index contributed by atoms with van der Waals surface area (Å²) in [6.07, 6.45) is 1.72. The van der Waals surface area contributed by atoms with Gasteiger partial charge >= 0.3 is 0 Å². The van der Waals surface area contributed by atoms with E-state index in [-0.39, 0.29) is 0 Å². The molecule has 0 unspecified atom stereocenters. The SMILES string of the molecule is Cc1ccccc1CN(C)c1nc(NN)nc2[nH]ncc12.